The number of anilines is 1. The van der Waals surface area contributed by atoms with Crippen molar-refractivity contribution in [3.8, 4) is 17.5 Å². The molecule has 0 atom stereocenters. The largest absolute Gasteiger partial charge is 0.494 e. The summed E-state index contributed by atoms with van der Waals surface area (Å²) in [4.78, 5) is 16.5. The first-order chi connectivity index (χ1) is 12.8. The van der Waals surface area contributed by atoms with E-state index in [9.17, 15) is 13.2 Å². The number of ether oxygens (including phenoxy) is 1. The van der Waals surface area contributed by atoms with E-state index in [4.69, 9.17) is 15.1 Å². The topological polar surface area (TPSA) is 153 Å². The van der Waals surface area contributed by atoms with Gasteiger partial charge in [-0.15, -0.1) is 16.4 Å². The molecule has 3 rings (SSSR count). The number of nitrogens with one attached hydrogen (secondary N) is 1. The van der Waals surface area contributed by atoms with Crippen LogP contribution in [0.25, 0.3) is 5.69 Å². The molecule has 0 spiro atoms. The van der Waals surface area contributed by atoms with E-state index in [2.05, 4.69) is 15.4 Å². The van der Waals surface area contributed by atoms with Crippen LogP contribution in [0.15, 0.2) is 40.9 Å². The van der Waals surface area contributed by atoms with E-state index in [1.165, 1.54) is 24.2 Å². The summed E-state index contributed by atoms with van der Waals surface area (Å²) in [5, 5.41) is 20.7. The molecule has 0 unspecified atom stereocenters. The summed E-state index contributed by atoms with van der Waals surface area (Å²) in [6, 6.07) is 9.86. The third-order valence-corrected chi connectivity index (χ3v) is 5.93. The molecule has 3 aromatic rings. The third-order valence-electron chi connectivity index (χ3n) is 3.36. The van der Waals surface area contributed by atoms with Crippen LogP contribution < -0.4 is 15.2 Å². The summed E-state index contributed by atoms with van der Waals surface area (Å²) in [7, 11) is -2.74. The molecule has 3 N–H and O–H groups in total. The Hall–Kier alpha value is -3.27. The summed E-state index contributed by atoms with van der Waals surface area (Å²) in [6.45, 7) is 0. The van der Waals surface area contributed by atoms with Crippen LogP contribution in [0.2, 0.25) is 0 Å². The van der Waals surface area contributed by atoms with Gasteiger partial charge in [0.05, 0.1) is 23.4 Å². The maximum absolute atomic E-state index is 12.6. The molecule has 0 saturated carbocycles. The maximum atomic E-state index is 12.6. The number of rotatable bonds is 5. The number of benzene rings is 1. The molecule has 1 amide bonds. The SMILES string of the molecule is COc1cc(C(=O)Nc2ccccc2-n2cnc(C#N)n2)sc1S(N)(=O)=O. The van der Waals surface area contributed by atoms with E-state index in [-0.39, 0.29) is 20.7 Å². The van der Waals surface area contributed by atoms with Gasteiger partial charge in [-0.3, -0.25) is 4.79 Å². The summed E-state index contributed by atoms with van der Waals surface area (Å²) in [5.41, 5.74) is 0.872. The number of aromatic nitrogens is 3. The minimum absolute atomic E-state index is 0.00382. The molecule has 138 valence electrons. The molecule has 27 heavy (non-hydrogen) atoms. The number of sulfonamides is 1. The van der Waals surface area contributed by atoms with Crippen molar-refractivity contribution in [2.24, 2.45) is 5.14 Å². The van der Waals surface area contributed by atoms with Crippen LogP contribution in [-0.2, 0) is 10.0 Å². The van der Waals surface area contributed by atoms with Crippen LogP contribution in [-0.4, -0.2) is 36.2 Å². The van der Waals surface area contributed by atoms with E-state index >= 15 is 0 Å². The van der Waals surface area contributed by atoms with Crippen molar-refractivity contribution in [1.29, 1.82) is 5.26 Å². The second kappa shape index (κ2) is 7.16. The normalized spacial score (nSPS) is 11.0. The predicted molar refractivity (Wildman–Crippen MR) is 96.3 cm³/mol. The molecule has 12 heteroatoms. The molecule has 10 nitrogen and oxygen atoms in total. The lowest BCUT2D eigenvalue weighted by molar-refractivity contribution is 0.103. The Kier molecular flexibility index (Phi) is 4.91. The Balaban J connectivity index is 1.94. The van der Waals surface area contributed by atoms with Crippen LogP contribution >= 0.6 is 11.3 Å². The molecule has 1 aromatic carbocycles. The van der Waals surface area contributed by atoms with Gasteiger partial charge in [-0.1, -0.05) is 12.1 Å². The molecular weight excluding hydrogens is 392 g/mol. The van der Waals surface area contributed by atoms with Crippen LogP contribution in [0.5, 0.6) is 5.75 Å². The van der Waals surface area contributed by atoms with E-state index in [1.54, 1.807) is 24.3 Å². The number of carbonyl (C=O) groups is 1. The van der Waals surface area contributed by atoms with E-state index < -0.39 is 15.9 Å². The van der Waals surface area contributed by atoms with Crippen molar-refractivity contribution in [3.63, 3.8) is 0 Å². The highest BCUT2D eigenvalue weighted by Crippen LogP contribution is 2.33. The second-order valence-corrected chi connectivity index (χ2v) is 7.92. The third kappa shape index (κ3) is 3.80. The van der Waals surface area contributed by atoms with Crippen molar-refractivity contribution < 1.29 is 17.9 Å². The van der Waals surface area contributed by atoms with Gasteiger partial charge in [-0.05, 0) is 12.1 Å². The fraction of sp³-hybridized carbons (Fsp3) is 0.0667. The minimum Gasteiger partial charge on any atom is -0.494 e. The molecule has 2 heterocycles. The lowest BCUT2D eigenvalue weighted by Gasteiger charge is -2.09. The first kappa shape index (κ1) is 18.5. The van der Waals surface area contributed by atoms with Gasteiger partial charge in [0, 0.05) is 6.07 Å². The van der Waals surface area contributed by atoms with Crippen molar-refractivity contribution in [3.05, 3.63) is 47.4 Å². The smallest absolute Gasteiger partial charge is 0.265 e. The zero-order valence-corrected chi connectivity index (χ0v) is 15.4. The molecule has 0 bridgehead atoms. The Morgan fingerprint density at radius 2 is 2.15 bits per heavy atom. The lowest BCUT2D eigenvalue weighted by atomic mass is 10.2. The number of nitrogens with zero attached hydrogens (tertiary/aromatic N) is 4. The molecular formula is C15H12N6O4S2. The number of hydrogen-bond acceptors (Lipinski definition) is 8. The van der Waals surface area contributed by atoms with Crippen molar-refractivity contribution in [2.75, 3.05) is 12.4 Å². The van der Waals surface area contributed by atoms with Crippen molar-refractivity contribution in [1.82, 2.24) is 14.8 Å². The molecule has 0 radical (unpaired) electrons. The van der Waals surface area contributed by atoms with Gasteiger partial charge in [-0.2, -0.15) is 5.26 Å². The Morgan fingerprint density at radius 1 is 1.41 bits per heavy atom. The fourth-order valence-corrected chi connectivity index (χ4v) is 4.11. The van der Waals surface area contributed by atoms with Gasteiger partial charge in [-0.25, -0.2) is 23.2 Å². The quantitative estimate of drug-likeness (QED) is 0.646. The first-order valence-electron chi connectivity index (χ1n) is 7.26. The van der Waals surface area contributed by atoms with Gasteiger partial charge in [0.2, 0.25) is 0 Å². The number of primary sulfonamides is 1. The zero-order valence-electron chi connectivity index (χ0n) is 13.8. The number of nitriles is 1. The van der Waals surface area contributed by atoms with Crippen molar-refractivity contribution in [2.45, 2.75) is 4.21 Å². The van der Waals surface area contributed by atoms with E-state index in [1.807, 2.05) is 6.07 Å². The fourth-order valence-electron chi connectivity index (χ4n) is 2.20. The number of methoxy groups -OCH3 is 1. The zero-order chi connectivity index (χ0) is 19.6. The maximum Gasteiger partial charge on any atom is 0.265 e. The predicted octanol–water partition coefficient (Wildman–Crippen LogP) is 1.11. The molecule has 0 saturated heterocycles. The number of thiophene rings is 1. The summed E-state index contributed by atoms with van der Waals surface area (Å²) in [6.07, 6.45) is 1.34. The lowest BCUT2D eigenvalue weighted by Crippen LogP contribution is -2.13. The number of nitrogens with two attached hydrogens (primary N) is 1. The first-order valence-corrected chi connectivity index (χ1v) is 9.63. The second-order valence-electron chi connectivity index (χ2n) is 5.11. The monoisotopic (exact) mass is 404 g/mol. The standard InChI is InChI=1S/C15H12N6O4S2/c1-25-11-6-12(26-15(11)27(17,23)24)14(22)19-9-4-2-3-5-10(9)21-8-18-13(7-16)20-21/h2-6,8H,1H3,(H,19,22)(H2,17,23,24). The molecule has 2 aromatic heterocycles. The highest BCUT2D eigenvalue weighted by atomic mass is 32.2. The van der Waals surface area contributed by atoms with Gasteiger partial charge in [0.15, 0.2) is 9.96 Å². The Morgan fingerprint density at radius 3 is 2.74 bits per heavy atom. The van der Waals surface area contributed by atoms with Gasteiger partial charge in [0.25, 0.3) is 21.8 Å². The van der Waals surface area contributed by atoms with E-state index in [0.717, 1.165) is 0 Å². The van der Waals surface area contributed by atoms with Gasteiger partial charge < -0.3 is 10.1 Å². The molecule has 0 aliphatic heterocycles. The number of hydrogen-bond donors (Lipinski definition) is 2. The number of carbonyl (C=O) groups excluding carboxylic acids is 1. The minimum atomic E-state index is -4.02. The van der Waals surface area contributed by atoms with Crippen molar-refractivity contribution >= 4 is 33.0 Å². The highest BCUT2D eigenvalue weighted by Gasteiger charge is 2.23. The van der Waals surface area contributed by atoms with Crippen LogP contribution in [0.3, 0.4) is 0 Å². The Bertz CT molecular complexity index is 1160. The average Bonchev–Trinajstić information content (AvgIpc) is 3.28. The summed E-state index contributed by atoms with van der Waals surface area (Å²) < 4.78 is 29.3. The van der Waals surface area contributed by atoms with E-state index in [0.29, 0.717) is 22.7 Å². The van der Waals surface area contributed by atoms with Crippen LogP contribution in [0.4, 0.5) is 5.69 Å². The van der Waals surface area contributed by atoms with Crippen LogP contribution in [0, 0.1) is 11.3 Å². The number of amides is 1. The van der Waals surface area contributed by atoms with Gasteiger partial charge in [0.1, 0.15) is 12.4 Å². The highest BCUT2D eigenvalue weighted by molar-refractivity contribution is 7.91. The molecule has 0 aliphatic carbocycles. The summed E-state index contributed by atoms with van der Waals surface area (Å²) >= 11 is 0.700. The average molecular weight is 404 g/mol. The van der Waals surface area contributed by atoms with Crippen LogP contribution in [0.1, 0.15) is 15.5 Å². The molecule has 0 fully saturated rings. The summed E-state index contributed by atoms with van der Waals surface area (Å²) in [5.74, 6) is -0.575. The number of para-hydroxylation sites is 2. The van der Waals surface area contributed by atoms with Gasteiger partial charge >= 0.3 is 0 Å². The molecule has 0 aliphatic rings. The Labute approximate surface area is 157 Å².